The molecule has 4 atom stereocenters. The zero-order chi connectivity index (χ0) is 49.4. The molecular weight excluding hydrogens is 914 g/mol. The van der Waals surface area contributed by atoms with E-state index in [1.165, 1.54) is 4.90 Å². The number of benzene rings is 2. The third kappa shape index (κ3) is 10.4. The second-order valence-electron chi connectivity index (χ2n) is 20.2. The van der Waals surface area contributed by atoms with Gasteiger partial charge in [-0.05, 0) is 55.2 Å². The average Bonchev–Trinajstić information content (AvgIpc) is 4.09. The van der Waals surface area contributed by atoms with Crippen LogP contribution in [0.15, 0.2) is 76.9 Å². The van der Waals surface area contributed by atoms with Gasteiger partial charge in [0.1, 0.15) is 41.5 Å². The van der Waals surface area contributed by atoms with Gasteiger partial charge in [-0.15, -0.1) is 11.3 Å². The third-order valence-corrected chi connectivity index (χ3v) is 15.6. The van der Waals surface area contributed by atoms with E-state index >= 15 is 0 Å². The molecule has 3 aliphatic rings. The van der Waals surface area contributed by atoms with Crippen molar-refractivity contribution in [2.75, 3.05) is 44.2 Å². The molecular formula is C52H62ClN9O6S. The van der Waals surface area contributed by atoms with Crippen LogP contribution in [0.1, 0.15) is 105 Å². The molecule has 0 radical (unpaired) electrons. The number of carbonyl (C=O) groups is 3. The molecule has 69 heavy (non-hydrogen) atoms. The number of anilines is 1. The molecule has 2 aliphatic heterocycles. The number of carbonyl (C=O) groups excluding carboxylic acids is 3. The van der Waals surface area contributed by atoms with Gasteiger partial charge in [-0.3, -0.25) is 19.3 Å². The van der Waals surface area contributed by atoms with Crippen molar-refractivity contribution < 1.29 is 28.8 Å². The number of nitrogens with zero attached hydrogens (tertiary/aromatic N) is 7. The molecule has 5 heterocycles. The number of aliphatic hydroxyl groups excluding tert-OH is 1. The summed E-state index contributed by atoms with van der Waals surface area (Å²) in [4.78, 5) is 57.8. The third-order valence-electron chi connectivity index (χ3n) is 14.3. The molecule has 3 amide bonds. The van der Waals surface area contributed by atoms with E-state index in [2.05, 4.69) is 69.3 Å². The van der Waals surface area contributed by atoms with E-state index in [1.807, 2.05) is 75.7 Å². The standard InChI is InChI=1S/C52H62ClN9O6S/c1-30(2)44(48(66)62-28-38(63)24-41(62)47(65)57-31(3)33-9-11-34(12-10-33)45-32(4)56-29-69-45)42-23-37(59-68-42)17-18-60-19-21-61(22-20-60)43-16-14-36(27-55-43)46(64)58-49-51(5,6)50(52(49,7)8)67-39-15-13-35(26-54)40(53)25-39/h9-16,23,25,27,29-31,38,41,44,49-50,63H,17-22,24,28H2,1-8H3,(H,57,65)(H,58,64)/t31-,38+,41-,44-,49?,50?/m0/s1. The molecule has 15 nitrogen and oxygen atoms in total. The zero-order valence-electron chi connectivity index (χ0n) is 40.5. The minimum atomic E-state index is -0.819. The van der Waals surface area contributed by atoms with E-state index in [0.29, 0.717) is 34.1 Å². The number of halogens is 1. The van der Waals surface area contributed by atoms with Gasteiger partial charge in [-0.1, -0.05) is 82.6 Å². The number of likely N-dealkylation sites (tertiary alicyclic amines) is 1. The van der Waals surface area contributed by atoms with Crippen LogP contribution in [0.5, 0.6) is 5.75 Å². The second kappa shape index (κ2) is 20.2. The molecule has 8 rings (SSSR count). The maximum absolute atomic E-state index is 14.3. The Balaban J connectivity index is 0.804. The van der Waals surface area contributed by atoms with Crippen molar-refractivity contribution in [3.05, 3.63) is 111 Å². The number of hydrogen-bond donors (Lipinski definition) is 3. The Morgan fingerprint density at radius 2 is 1.72 bits per heavy atom. The first kappa shape index (κ1) is 49.6. The van der Waals surface area contributed by atoms with Crippen molar-refractivity contribution in [2.45, 2.75) is 104 Å². The fraction of sp³-hybridized carbons (Fsp3) is 0.481. The maximum Gasteiger partial charge on any atom is 0.253 e. The van der Waals surface area contributed by atoms with Crippen LogP contribution >= 0.6 is 22.9 Å². The normalized spacial score (nSPS) is 21.8. The summed E-state index contributed by atoms with van der Waals surface area (Å²) in [6, 6.07) is 19.4. The molecule has 0 spiro atoms. The summed E-state index contributed by atoms with van der Waals surface area (Å²) < 4.78 is 12.2. The number of thiazole rings is 1. The Morgan fingerprint density at radius 3 is 2.35 bits per heavy atom. The SMILES string of the molecule is Cc1ncsc1-c1ccc([C@H](C)NC(=O)[C@@H]2C[C@@H](O)CN2C(=O)[C@H](c2cc(CCN3CCN(c4ccc(C(=O)NC5C(C)(C)C(Oc6ccc(C#N)c(Cl)c6)C5(C)C)cn4)CC3)no2)C(C)C)cc1. The van der Waals surface area contributed by atoms with Crippen molar-refractivity contribution in [1.82, 2.24) is 35.6 Å². The maximum atomic E-state index is 14.3. The topological polar surface area (TPSA) is 190 Å². The number of β-amino-alcohol motifs (C(OH)–C–C–N with tert-alkyl or cyclic N) is 1. The first-order chi connectivity index (χ1) is 32.8. The van der Waals surface area contributed by atoms with Gasteiger partial charge in [0, 0.05) is 87.3 Å². The van der Waals surface area contributed by atoms with Crippen molar-refractivity contribution >= 4 is 46.5 Å². The molecule has 17 heteroatoms. The number of nitrogens with one attached hydrogen (secondary N) is 2. The van der Waals surface area contributed by atoms with Crippen LogP contribution in [0.3, 0.4) is 0 Å². The molecule has 0 unspecified atom stereocenters. The van der Waals surface area contributed by atoms with Gasteiger partial charge in [-0.2, -0.15) is 5.26 Å². The number of aromatic nitrogens is 3. The lowest BCUT2D eigenvalue weighted by atomic mass is 9.49. The Kier molecular flexibility index (Phi) is 14.5. The smallest absolute Gasteiger partial charge is 0.253 e. The molecule has 1 aliphatic carbocycles. The number of aliphatic hydroxyl groups is 1. The Hall–Kier alpha value is -5.86. The summed E-state index contributed by atoms with van der Waals surface area (Å²) in [6.45, 7) is 20.0. The molecule has 364 valence electrons. The number of aryl methyl sites for hydroxylation is 1. The van der Waals surface area contributed by atoms with E-state index in [0.717, 1.165) is 65.9 Å². The van der Waals surface area contributed by atoms with E-state index in [9.17, 15) is 24.8 Å². The monoisotopic (exact) mass is 975 g/mol. The van der Waals surface area contributed by atoms with Crippen molar-refractivity contribution in [3.63, 3.8) is 0 Å². The number of nitriles is 1. The number of rotatable bonds is 15. The van der Waals surface area contributed by atoms with Gasteiger partial charge in [0.25, 0.3) is 5.91 Å². The van der Waals surface area contributed by atoms with E-state index in [-0.39, 0.29) is 65.6 Å². The lowest BCUT2D eigenvalue weighted by molar-refractivity contribution is -0.164. The molecule has 2 aromatic carbocycles. The van der Waals surface area contributed by atoms with Crippen molar-refractivity contribution in [3.8, 4) is 22.3 Å². The minimum absolute atomic E-state index is 0.0634. The van der Waals surface area contributed by atoms with Crippen molar-refractivity contribution in [1.29, 1.82) is 5.26 Å². The predicted molar refractivity (Wildman–Crippen MR) is 265 cm³/mol. The highest BCUT2D eigenvalue weighted by Gasteiger charge is 2.64. The minimum Gasteiger partial charge on any atom is -0.489 e. The van der Waals surface area contributed by atoms with Crippen LogP contribution in [0.25, 0.3) is 10.4 Å². The summed E-state index contributed by atoms with van der Waals surface area (Å²) in [7, 11) is 0. The van der Waals surface area contributed by atoms with Crippen LogP contribution in [0.4, 0.5) is 5.82 Å². The van der Waals surface area contributed by atoms with E-state index in [1.54, 1.807) is 35.7 Å². The number of piperazine rings is 1. The Bertz CT molecular complexity index is 2670. The largest absolute Gasteiger partial charge is 0.489 e. The van der Waals surface area contributed by atoms with Crippen LogP contribution in [-0.4, -0.2) is 111 Å². The van der Waals surface area contributed by atoms with E-state index in [4.69, 9.17) is 20.9 Å². The van der Waals surface area contributed by atoms with Gasteiger partial charge < -0.3 is 34.8 Å². The Labute approximate surface area is 413 Å². The summed E-state index contributed by atoms with van der Waals surface area (Å²) in [5.74, 6) is 0.245. The van der Waals surface area contributed by atoms with Crippen molar-refractivity contribution in [2.24, 2.45) is 16.7 Å². The van der Waals surface area contributed by atoms with Gasteiger partial charge in [0.2, 0.25) is 11.8 Å². The lowest BCUT2D eigenvalue weighted by Gasteiger charge is -2.63. The quantitative estimate of drug-likeness (QED) is 0.0934. The number of hydrogen-bond acceptors (Lipinski definition) is 13. The highest BCUT2D eigenvalue weighted by atomic mass is 35.5. The predicted octanol–water partition coefficient (Wildman–Crippen LogP) is 7.58. The highest BCUT2D eigenvalue weighted by molar-refractivity contribution is 7.13. The summed E-state index contributed by atoms with van der Waals surface area (Å²) in [5, 5.41) is 31.0. The zero-order valence-corrected chi connectivity index (χ0v) is 42.1. The highest BCUT2D eigenvalue weighted by Crippen LogP contribution is 2.55. The van der Waals surface area contributed by atoms with Crippen LogP contribution in [0.2, 0.25) is 5.02 Å². The lowest BCUT2D eigenvalue weighted by Crippen LogP contribution is -2.74. The summed E-state index contributed by atoms with van der Waals surface area (Å²) in [6.07, 6.45) is 1.39. The molecule has 2 saturated heterocycles. The average molecular weight is 977 g/mol. The Morgan fingerprint density at radius 1 is 1.00 bits per heavy atom. The van der Waals surface area contributed by atoms with E-state index < -0.39 is 18.1 Å². The molecule has 1 saturated carbocycles. The summed E-state index contributed by atoms with van der Waals surface area (Å²) >= 11 is 7.85. The number of ether oxygens (including phenoxy) is 1. The summed E-state index contributed by atoms with van der Waals surface area (Å²) in [5.41, 5.74) is 5.64. The second-order valence-corrected chi connectivity index (χ2v) is 21.5. The molecule has 3 aromatic heterocycles. The van der Waals surface area contributed by atoms with Gasteiger partial charge in [0.05, 0.1) is 50.1 Å². The van der Waals surface area contributed by atoms with Gasteiger partial charge >= 0.3 is 0 Å². The first-order valence-electron chi connectivity index (χ1n) is 23.7. The fourth-order valence-electron chi connectivity index (χ4n) is 10.7. The fourth-order valence-corrected chi connectivity index (χ4v) is 11.7. The molecule has 3 fully saturated rings. The number of pyridine rings is 1. The van der Waals surface area contributed by atoms with Gasteiger partial charge in [-0.25, -0.2) is 9.97 Å². The molecule has 3 N–H and O–H groups in total. The molecule has 0 bridgehead atoms. The molecule has 5 aromatic rings. The van der Waals surface area contributed by atoms with Crippen LogP contribution in [0, 0.1) is 35.0 Å². The van der Waals surface area contributed by atoms with Gasteiger partial charge in [0.15, 0.2) is 0 Å². The van der Waals surface area contributed by atoms with Crippen LogP contribution < -0.4 is 20.3 Å². The van der Waals surface area contributed by atoms with Crippen LogP contribution in [-0.2, 0) is 16.0 Å². The first-order valence-corrected chi connectivity index (χ1v) is 25.0. The number of amides is 3.